The van der Waals surface area contributed by atoms with Gasteiger partial charge in [-0.15, -0.1) is 0 Å². The monoisotopic (exact) mass is 371 g/mol. The lowest BCUT2D eigenvalue weighted by molar-refractivity contribution is 0.560. The van der Waals surface area contributed by atoms with Gasteiger partial charge in [0.1, 0.15) is 0 Å². The van der Waals surface area contributed by atoms with Crippen molar-refractivity contribution in [2.45, 2.75) is 59.4 Å². The first kappa shape index (κ1) is 20.2. The second kappa shape index (κ2) is 7.47. The summed E-state index contributed by atoms with van der Waals surface area (Å²) in [4.78, 5) is 2.40. The third-order valence-corrected chi connectivity index (χ3v) is 5.17. The Morgan fingerprint density at radius 1 is 0.536 bits per heavy atom. The van der Waals surface area contributed by atoms with E-state index in [0.717, 1.165) is 0 Å². The van der Waals surface area contributed by atoms with Gasteiger partial charge in [0.25, 0.3) is 0 Å². The van der Waals surface area contributed by atoms with Crippen LogP contribution in [-0.4, -0.2) is 5.54 Å². The van der Waals surface area contributed by atoms with Gasteiger partial charge < -0.3 is 4.90 Å². The summed E-state index contributed by atoms with van der Waals surface area (Å²) < 4.78 is 0. The Morgan fingerprint density at radius 3 is 1.32 bits per heavy atom. The zero-order valence-corrected chi connectivity index (χ0v) is 18.4. The van der Waals surface area contributed by atoms with Gasteiger partial charge >= 0.3 is 0 Å². The first-order chi connectivity index (χ1) is 13.1. The zero-order chi connectivity index (χ0) is 20.5. The van der Waals surface area contributed by atoms with Gasteiger partial charge in [0.2, 0.25) is 0 Å². The molecule has 0 aliphatic rings. The summed E-state index contributed by atoms with van der Waals surface area (Å²) in [7, 11) is 0. The van der Waals surface area contributed by atoms with Crippen molar-refractivity contribution in [3.05, 3.63) is 83.9 Å². The summed E-state index contributed by atoms with van der Waals surface area (Å²) in [6, 6.07) is 26.7. The van der Waals surface area contributed by atoms with Gasteiger partial charge in [-0.05, 0) is 74.1 Å². The van der Waals surface area contributed by atoms with Crippen LogP contribution in [0.2, 0.25) is 0 Å². The second-order valence-corrected chi connectivity index (χ2v) is 9.72. The molecule has 0 amide bonds. The van der Waals surface area contributed by atoms with Crippen LogP contribution in [0, 0.1) is 6.92 Å². The topological polar surface area (TPSA) is 3.24 Å². The number of hydrogen-bond donors (Lipinski definition) is 0. The van der Waals surface area contributed by atoms with Crippen molar-refractivity contribution in [3.8, 4) is 11.1 Å². The molecule has 0 aliphatic carbocycles. The number of anilines is 2. The van der Waals surface area contributed by atoms with Crippen LogP contribution in [0.5, 0.6) is 0 Å². The fourth-order valence-electron chi connectivity index (χ4n) is 3.58. The number of aryl methyl sites for hydroxylation is 1. The molecule has 0 aliphatic heterocycles. The van der Waals surface area contributed by atoms with Crippen LogP contribution in [0.3, 0.4) is 0 Å². The lowest BCUT2D eigenvalue weighted by Gasteiger charge is -2.38. The minimum absolute atomic E-state index is 0.00880. The molecule has 28 heavy (non-hydrogen) atoms. The van der Waals surface area contributed by atoms with E-state index < -0.39 is 0 Å². The molecule has 0 aromatic heterocycles. The third kappa shape index (κ3) is 4.47. The molecule has 0 saturated heterocycles. The molecule has 1 heteroatoms. The highest BCUT2D eigenvalue weighted by Gasteiger charge is 2.23. The molecule has 0 unspecified atom stereocenters. The summed E-state index contributed by atoms with van der Waals surface area (Å²) in [6.07, 6.45) is 0. The van der Waals surface area contributed by atoms with Gasteiger partial charge in [-0.25, -0.2) is 0 Å². The van der Waals surface area contributed by atoms with Gasteiger partial charge in [0, 0.05) is 16.9 Å². The minimum atomic E-state index is -0.00880. The Bertz CT molecular complexity index is 902. The molecule has 0 fully saturated rings. The van der Waals surface area contributed by atoms with Crippen molar-refractivity contribution in [3.63, 3.8) is 0 Å². The van der Waals surface area contributed by atoms with Crippen LogP contribution in [-0.2, 0) is 5.41 Å². The van der Waals surface area contributed by atoms with Crippen LogP contribution >= 0.6 is 0 Å². The molecule has 146 valence electrons. The molecule has 0 radical (unpaired) electrons. The van der Waals surface area contributed by atoms with Crippen molar-refractivity contribution < 1.29 is 0 Å². The van der Waals surface area contributed by atoms with Crippen molar-refractivity contribution in [2.24, 2.45) is 0 Å². The van der Waals surface area contributed by atoms with E-state index >= 15 is 0 Å². The number of benzene rings is 3. The summed E-state index contributed by atoms with van der Waals surface area (Å²) in [5, 5.41) is 0. The summed E-state index contributed by atoms with van der Waals surface area (Å²) in [5.74, 6) is 0. The average molecular weight is 372 g/mol. The fourth-order valence-corrected chi connectivity index (χ4v) is 3.58. The molecular formula is C27H33N. The van der Waals surface area contributed by atoms with Crippen molar-refractivity contribution in [2.75, 3.05) is 4.90 Å². The van der Waals surface area contributed by atoms with Gasteiger partial charge in [-0.1, -0.05) is 74.9 Å². The largest absolute Gasteiger partial charge is 0.336 e. The minimum Gasteiger partial charge on any atom is -0.336 e. The number of hydrogen-bond acceptors (Lipinski definition) is 1. The predicted molar refractivity (Wildman–Crippen MR) is 124 cm³/mol. The maximum Gasteiger partial charge on any atom is 0.0416 e. The molecule has 0 heterocycles. The fraction of sp³-hybridized carbons (Fsp3) is 0.333. The lowest BCUT2D eigenvalue weighted by Crippen LogP contribution is -2.37. The van der Waals surface area contributed by atoms with E-state index in [-0.39, 0.29) is 11.0 Å². The molecule has 3 aromatic rings. The Morgan fingerprint density at radius 2 is 0.929 bits per heavy atom. The number of nitrogens with zero attached hydrogens (tertiary/aromatic N) is 1. The van der Waals surface area contributed by atoms with Crippen molar-refractivity contribution in [1.29, 1.82) is 0 Å². The molecule has 3 rings (SSSR count). The summed E-state index contributed by atoms with van der Waals surface area (Å²) >= 11 is 0. The number of rotatable bonds is 3. The predicted octanol–water partition coefficient (Wildman–Crippen LogP) is 7.90. The van der Waals surface area contributed by atoms with E-state index in [4.69, 9.17) is 0 Å². The van der Waals surface area contributed by atoms with E-state index in [1.165, 1.54) is 33.6 Å². The smallest absolute Gasteiger partial charge is 0.0416 e. The SMILES string of the molecule is Cc1ccc(N(c2ccc(-c3ccc(C(C)(C)C)cc3)cc2)C(C)(C)C)cc1. The van der Waals surface area contributed by atoms with Crippen molar-refractivity contribution in [1.82, 2.24) is 0 Å². The highest BCUT2D eigenvalue weighted by molar-refractivity contribution is 5.71. The standard InChI is InChI=1S/C27H33N/c1-20-8-16-24(17-9-20)28(27(5,6)7)25-18-12-22(13-19-25)21-10-14-23(15-11-21)26(2,3)4/h8-19H,1-7H3. The molecule has 0 bridgehead atoms. The Kier molecular flexibility index (Phi) is 5.39. The highest BCUT2D eigenvalue weighted by atomic mass is 15.2. The van der Waals surface area contributed by atoms with Crippen molar-refractivity contribution >= 4 is 11.4 Å². The van der Waals surface area contributed by atoms with Gasteiger partial charge in [-0.2, -0.15) is 0 Å². The maximum atomic E-state index is 2.40. The molecule has 0 spiro atoms. The first-order valence-corrected chi connectivity index (χ1v) is 10.1. The van der Waals surface area contributed by atoms with E-state index in [0.29, 0.717) is 0 Å². The zero-order valence-electron chi connectivity index (χ0n) is 18.4. The molecule has 0 atom stereocenters. The molecular weight excluding hydrogens is 338 g/mol. The van der Waals surface area contributed by atoms with E-state index in [2.05, 4.69) is 126 Å². The lowest BCUT2D eigenvalue weighted by atomic mass is 9.86. The van der Waals surface area contributed by atoms with E-state index in [9.17, 15) is 0 Å². The molecule has 0 N–H and O–H groups in total. The van der Waals surface area contributed by atoms with E-state index in [1.807, 2.05) is 0 Å². The first-order valence-electron chi connectivity index (χ1n) is 10.1. The van der Waals surface area contributed by atoms with Gasteiger partial charge in [-0.3, -0.25) is 0 Å². The highest BCUT2D eigenvalue weighted by Crippen LogP contribution is 2.35. The molecule has 1 nitrogen and oxygen atoms in total. The van der Waals surface area contributed by atoms with Crippen LogP contribution in [0.15, 0.2) is 72.8 Å². The van der Waals surface area contributed by atoms with Crippen LogP contribution < -0.4 is 4.90 Å². The van der Waals surface area contributed by atoms with E-state index in [1.54, 1.807) is 0 Å². The van der Waals surface area contributed by atoms with Crippen LogP contribution in [0.1, 0.15) is 52.7 Å². The average Bonchev–Trinajstić information content (AvgIpc) is 2.62. The maximum absolute atomic E-state index is 2.40. The Labute approximate surface area is 171 Å². The molecule has 3 aromatic carbocycles. The summed E-state index contributed by atoms with van der Waals surface area (Å²) in [6.45, 7) is 15.7. The van der Waals surface area contributed by atoms with Crippen LogP contribution in [0.4, 0.5) is 11.4 Å². The third-order valence-electron chi connectivity index (χ3n) is 5.17. The molecule has 0 saturated carbocycles. The van der Waals surface area contributed by atoms with Gasteiger partial charge in [0.05, 0.1) is 0 Å². The quantitative estimate of drug-likeness (QED) is 0.452. The Hall–Kier alpha value is -2.54. The van der Waals surface area contributed by atoms with Crippen LogP contribution in [0.25, 0.3) is 11.1 Å². The normalized spacial score (nSPS) is 12.1. The Balaban J connectivity index is 1.92. The summed E-state index contributed by atoms with van der Waals surface area (Å²) in [5.41, 5.74) is 7.78. The van der Waals surface area contributed by atoms with Gasteiger partial charge in [0.15, 0.2) is 0 Å². The second-order valence-electron chi connectivity index (χ2n) is 9.72.